The van der Waals surface area contributed by atoms with Crippen LogP contribution >= 0.6 is 22.6 Å². The third-order valence-corrected chi connectivity index (χ3v) is 3.78. The Morgan fingerprint density at radius 2 is 2.27 bits per heavy atom. The largest absolute Gasteiger partial charge is 0.338 e. The zero-order valence-corrected chi connectivity index (χ0v) is 10.7. The predicted octanol–water partition coefficient (Wildman–Crippen LogP) is 2.52. The summed E-state index contributed by atoms with van der Waals surface area (Å²) in [4.78, 5) is 13.5. The lowest BCUT2D eigenvalue weighted by Gasteiger charge is -2.29. The summed E-state index contributed by atoms with van der Waals surface area (Å²) >= 11 is 2.29. The number of urea groups is 1. The first kappa shape index (κ1) is 10.7. The van der Waals surface area contributed by atoms with Crippen LogP contribution in [0.15, 0.2) is 18.2 Å². The Kier molecular flexibility index (Phi) is 3.14. The molecule has 1 aliphatic rings. The van der Waals surface area contributed by atoms with Gasteiger partial charge in [0.25, 0.3) is 0 Å². The predicted molar refractivity (Wildman–Crippen MR) is 69.3 cm³/mol. The molecule has 1 heterocycles. The summed E-state index contributed by atoms with van der Waals surface area (Å²) in [7, 11) is 0. The van der Waals surface area contributed by atoms with Crippen LogP contribution < -0.4 is 10.2 Å². The number of hydrogen-bond donors (Lipinski definition) is 1. The summed E-state index contributed by atoms with van der Waals surface area (Å²) in [6, 6.07) is 6.07. The maximum atomic E-state index is 11.7. The van der Waals surface area contributed by atoms with E-state index in [1.165, 1.54) is 9.13 Å². The number of halogens is 1. The first-order valence-corrected chi connectivity index (χ1v) is 6.08. The van der Waals surface area contributed by atoms with Crippen molar-refractivity contribution < 1.29 is 4.79 Å². The fraction of sp³-hybridized carbons (Fsp3) is 0.364. The third-order valence-electron chi connectivity index (χ3n) is 2.61. The molecule has 1 fully saturated rings. The minimum absolute atomic E-state index is 0.0198. The number of carbonyl (C=O) groups excluding carboxylic acids is 1. The maximum Gasteiger partial charge on any atom is 0.321 e. The van der Waals surface area contributed by atoms with Gasteiger partial charge in [-0.2, -0.15) is 0 Å². The monoisotopic (exact) mass is 316 g/mol. The van der Waals surface area contributed by atoms with Crippen molar-refractivity contribution in [3.8, 4) is 0 Å². The molecule has 80 valence electrons. The van der Waals surface area contributed by atoms with Crippen molar-refractivity contribution in [3.63, 3.8) is 0 Å². The van der Waals surface area contributed by atoms with E-state index in [4.69, 9.17) is 0 Å². The Balaban J connectivity index is 2.35. The average molecular weight is 316 g/mol. The third kappa shape index (κ3) is 2.09. The van der Waals surface area contributed by atoms with Crippen LogP contribution in [0.5, 0.6) is 0 Å². The quantitative estimate of drug-likeness (QED) is 0.794. The number of anilines is 1. The number of rotatable bonds is 1. The van der Waals surface area contributed by atoms with Gasteiger partial charge in [-0.3, -0.25) is 4.90 Å². The summed E-state index contributed by atoms with van der Waals surface area (Å²) < 4.78 is 1.20. The second kappa shape index (κ2) is 4.38. The first-order valence-electron chi connectivity index (χ1n) is 5.00. The molecule has 1 saturated heterocycles. The summed E-state index contributed by atoms with van der Waals surface area (Å²) in [5.74, 6) is 0. The number of benzene rings is 1. The molecular weight excluding hydrogens is 303 g/mol. The lowest BCUT2D eigenvalue weighted by Crippen LogP contribution is -2.46. The molecule has 0 aliphatic carbocycles. The summed E-state index contributed by atoms with van der Waals surface area (Å²) in [5, 5.41) is 2.86. The van der Waals surface area contributed by atoms with Crippen molar-refractivity contribution in [3.05, 3.63) is 27.3 Å². The molecule has 2 rings (SSSR count). The zero-order chi connectivity index (χ0) is 10.8. The highest BCUT2D eigenvalue weighted by Gasteiger charge is 2.20. The Morgan fingerprint density at radius 3 is 3.00 bits per heavy atom. The van der Waals surface area contributed by atoms with Crippen LogP contribution in [0.2, 0.25) is 0 Å². The van der Waals surface area contributed by atoms with E-state index in [9.17, 15) is 4.79 Å². The van der Waals surface area contributed by atoms with Gasteiger partial charge in [0.05, 0.1) is 0 Å². The molecule has 1 N–H and O–H groups in total. The molecule has 0 spiro atoms. The molecular formula is C11H13IN2O. The molecule has 15 heavy (non-hydrogen) atoms. The molecule has 3 nitrogen and oxygen atoms in total. The molecule has 1 aromatic carbocycles. The van der Waals surface area contributed by atoms with Gasteiger partial charge >= 0.3 is 6.03 Å². The van der Waals surface area contributed by atoms with E-state index in [-0.39, 0.29) is 6.03 Å². The molecule has 0 aromatic heterocycles. The Labute approximate surface area is 103 Å². The van der Waals surface area contributed by atoms with Crippen LogP contribution in [0, 0.1) is 10.5 Å². The van der Waals surface area contributed by atoms with Crippen molar-refractivity contribution in [1.82, 2.24) is 5.32 Å². The minimum Gasteiger partial charge on any atom is -0.338 e. The zero-order valence-electron chi connectivity index (χ0n) is 8.59. The summed E-state index contributed by atoms with van der Waals surface area (Å²) in [6.45, 7) is 3.66. The lowest BCUT2D eigenvalue weighted by molar-refractivity contribution is 0.243. The Bertz CT molecular complexity index is 392. The molecule has 1 aromatic rings. The van der Waals surface area contributed by atoms with Gasteiger partial charge in [-0.05, 0) is 53.6 Å². The van der Waals surface area contributed by atoms with Gasteiger partial charge in [0, 0.05) is 22.3 Å². The molecule has 0 unspecified atom stereocenters. The minimum atomic E-state index is 0.0198. The van der Waals surface area contributed by atoms with Crippen molar-refractivity contribution in [1.29, 1.82) is 0 Å². The van der Waals surface area contributed by atoms with Gasteiger partial charge in [0.1, 0.15) is 0 Å². The molecule has 0 saturated carbocycles. The van der Waals surface area contributed by atoms with E-state index in [1.807, 2.05) is 17.0 Å². The number of hydrogen-bond acceptors (Lipinski definition) is 1. The van der Waals surface area contributed by atoms with E-state index in [1.54, 1.807) is 0 Å². The summed E-state index contributed by atoms with van der Waals surface area (Å²) in [6.07, 6.45) is 1.01. The van der Waals surface area contributed by atoms with Crippen LogP contribution in [0.1, 0.15) is 12.0 Å². The second-order valence-corrected chi connectivity index (χ2v) is 4.78. The maximum absolute atomic E-state index is 11.7. The highest BCUT2D eigenvalue weighted by molar-refractivity contribution is 14.1. The SMILES string of the molecule is Cc1c(I)cccc1N1CCCNC1=O. The van der Waals surface area contributed by atoms with Gasteiger partial charge in [0.15, 0.2) is 0 Å². The molecule has 0 bridgehead atoms. The first-order chi connectivity index (χ1) is 7.20. The highest BCUT2D eigenvalue weighted by Crippen LogP contribution is 2.25. The van der Waals surface area contributed by atoms with E-state index < -0.39 is 0 Å². The van der Waals surface area contributed by atoms with Gasteiger partial charge in [-0.1, -0.05) is 6.07 Å². The fourth-order valence-electron chi connectivity index (χ4n) is 1.75. The van der Waals surface area contributed by atoms with Crippen molar-refractivity contribution in [2.45, 2.75) is 13.3 Å². The fourth-order valence-corrected chi connectivity index (χ4v) is 2.23. The standard InChI is InChI=1S/C11H13IN2O/c1-8-9(12)4-2-5-10(8)14-7-3-6-13-11(14)15/h2,4-5H,3,6-7H2,1H3,(H,13,15). The van der Waals surface area contributed by atoms with Crippen LogP contribution in [-0.2, 0) is 0 Å². The Morgan fingerprint density at radius 1 is 1.47 bits per heavy atom. The van der Waals surface area contributed by atoms with Crippen LogP contribution in [0.3, 0.4) is 0 Å². The van der Waals surface area contributed by atoms with Crippen LogP contribution in [-0.4, -0.2) is 19.1 Å². The Hall–Kier alpha value is -0.780. The van der Waals surface area contributed by atoms with E-state index in [0.29, 0.717) is 0 Å². The van der Waals surface area contributed by atoms with E-state index in [0.717, 1.165) is 25.2 Å². The van der Waals surface area contributed by atoms with E-state index in [2.05, 4.69) is 40.9 Å². The molecule has 0 atom stereocenters. The molecule has 2 amide bonds. The van der Waals surface area contributed by atoms with Crippen LogP contribution in [0.4, 0.5) is 10.5 Å². The van der Waals surface area contributed by atoms with Crippen molar-refractivity contribution in [2.24, 2.45) is 0 Å². The highest BCUT2D eigenvalue weighted by atomic mass is 127. The van der Waals surface area contributed by atoms with Gasteiger partial charge in [0.2, 0.25) is 0 Å². The van der Waals surface area contributed by atoms with Gasteiger partial charge in [-0.15, -0.1) is 0 Å². The van der Waals surface area contributed by atoms with Crippen molar-refractivity contribution in [2.75, 3.05) is 18.0 Å². The summed E-state index contributed by atoms with van der Waals surface area (Å²) in [5.41, 5.74) is 2.20. The molecule has 4 heteroatoms. The molecule has 0 radical (unpaired) electrons. The normalized spacial score (nSPS) is 16.4. The van der Waals surface area contributed by atoms with Crippen molar-refractivity contribution >= 4 is 34.3 Å². The van der Waals surface area contributed by atoms with Gasteiger partial charge < -0.3 is 5.32 Å². The lowest BCUT2D eigenvalue weighted by atomic mass is 10.1. The smallest absolute Gasteiger partial charge is 0.321 e. The second-order valence-electron chi connectivity index (χ2n) is 3.62. The number of amides is 2. The number of carbonyl (C=O) groups is 1. The molecule has 1 aliphatic heterocycles. The number of nitrogens with zero attached hydrogens (tertiary/aromatic N) is 1. The van der Waals surface area contributed by atoms with Gasteiger partial charge in [-0.25, -0.2) is 4.79 Å². The topological polar surface area (TPSA) is 32.3 Å². The number of nitrogens with one attached hydrogen (secondary N) is 1. The van der Waals surface area contributed by atoms with Crippen LogP contribution in [0.25, 0.3) is 0 Å². The average Bonchev–Trinajstić information content (AvgIpc) is 2.23. The van der Waals surface area contributed by atoms with E-state index >= 15 is 0 Å².